The first-order valence-corrected chi connectivity index (χ1v) is 8.45. The van der Waals surface area contributed by atoms with Gasteiger partial charge in [0.25, 0.3) is 5.56 Å². The summed E-state index contributed by atoms with van der Waals surface area (Å²) in [5.74, 6) is -0.184. The maximum atomic E-state index is 12.6. The molecule has 1 aliphatic rings. The number of nitrogens with zero attached hydrogens (tertiary/aromatic N) is 3. The highest BCUT2D eigenvalue weighted by Crippen LogP contribution is 2.21. The molecule has 1 aromatic heterocycles. The van der Waals surface area contributed by atoms with Crippen LogP contribution in [0.4, 0.5) is 0 Å². The monoisotopic (exact) mass is 329 g/mol. The Labute approximate surface area is 140 Å². The number of aromatic nitrogens is 2. The van der Waals surface area contributed by atoms with E-state index in [1.54, 1.807) is 43.3 Å². The third-order valence-electron chi connectivity index (χ3n) is 5.07. The summed E-state index contributed by atoms with van der Waals surface area (Å²) in [6, 6.07) is 7.18. The fourth-order valence-electron chi connectivity index (χ4n) is 3.52. The summed E-state index contributed by atoms with van der Waals surface area (Å²) in [5, 5.41) is 0.452. The largest absolute Gasteiger partial charge is 0.341 e. The van der Waals surface area contributed by atoms with Crippen molar-refractivity contribution in [1.29, 1.82) is 0 Å². The number of benzene rings is 1. The van der Waals surface area contributed by atoms with Crippen LogP contribution in [0, 0.1) is 0 Å². The molecule has 0 spiro atoms. The van der Waals surface area contributed by atoms with Crippen molar-refractivity contribution < 1.29 is 4.79 Å². The predicted octanol–water partition coefficient (Wildman–Crippen LogP) is 1.49. The van der Waals surface area contributed by atoms with E-state index in [1.165, 1.54) is 11.0 Å². The van der Waals surface area contributed by atoms with Crippen molar-refractivity contribution in [3.05, 3.63) is 45.1 Å². The minimum atomic E-state index is -0.455. The van der Waals surface area contributed by atoms with E-state index >= 15 is 0 Å². The number of fused-ring (bicyclic) bond motifs is 1. The minimum Gasteiger partial charge on any atom is -0.341 e. The van der Waals surface area contributed by atoms with E-state index in [4.69, 9.17) is 0 Å². The van der Waals surface area contributed by atoms with Crippen LogP contribution in [-0.4, -0.2) is 33.0 Å². The zero-order valence-corrected chi connectivity index (χ0v) is 14.2. The van der Waals surface area contributed by atoms with Crippen molar-refractivity contribution in [1.82, 2.24) is 14.0 Å². The Balaban J connectivity index is 1.94. The van der Waals surface area contributed by atoms with Crippen molar-refractivity contribution >= 4 is 16.8 Å². The molecule has 1 fully saturated rings. The summed E-state index contributed by atoms with van der Waals surface area (Å²) in [4.78, 5) is 39.4. The van der Waals surface area contributed by atoms with Gasteiger partial charge in [0.15, 0.2) is 0 Å². The van der Waals surface area contributed by atoms with Gasteiger partial charge in [-0.15, -0.1) is 0 Å². The molecule has 0 atom stereocenters. The Kier molecular flexibility index (Phi) is 4.55. The Hall–Kier alpha value is -2.37. The molecule has 1 heterocycles. The summed E-state index contributed by atoms with van der Waals surface area (Å²) in [7, 11) is 3.39. The summed E-state index contributed by atoms with van der Waals surface area (Å²) < 4.78 is 2.47. The number of aryl methyl sites for hydroxylation is 1. The molecule has 0 saturated heterocycles. The second-order valence-corrected chi connectivity index (χ2v) is 6.55. The molecule has 6 heteroatoms. The highest BCUT2D eigenvalue weighted by Gasteiger charge is 2.23. The van der Waals surface area contributed by atoms with Crippen molar-refractivity contribution in [3.8, 4) is 0 Å². The van der Waals surface area contributed by atoms with Gasteiger partial charge >= 0.3 is 5.69 Å². The molecule has 1 saturated carbocycles. The molecule has 6 nitrogen and oxygen atoms in total. The van der Waals surface area contributed by atoms with Gasteiger partial charge in [-0.05, 0) is 25.0 Å². The highest BCUT2D eigenvalue weighted by atomic mass is 16.2. The van der Waals surface area contributed by atoms with Gasteiger partial charge in [-0.25, -0.2) is 4.79 Å². The average molecular weight is 329 g/mol. The lowest BCUT2D eigenvalue weighted by atomic mass is 9.94. The van der Waals surface area contributed by atoms with Gasteiger partial charge in [-0.3, -0.25) is 18.7 Å². The molecular weight excluding hydrogens is 306 g/mol. The molecule has 24 heavy (non-hydrogen) atoms. The summed E-state index contributed by atoms with van der Waals surface area (Å²) in [6.45, 7) is -0.205. The standard InChI is InChI=1S/C18H23N3O3/c1-19(13-8-4-3-5-9-13)16(22)12-21-17(23)14-10-6-7-11-15(14)20(2)18(21)24/h6-7,10-11,13H,3-5,8-9,12H2,1-2H3. The molecule has 3 rings (SSSR count). The van der Waals surface area contributed by atoms with E-state index in [2.05, 4.69) is 0 Å². The Morgan fingerprint density at radius 1 is 1.17 bits per heavy atom. The maximum absolute atomic E-state index is 12.6. The van der Waals surface area contributed by atoms with Crippen LogP contribution in [-0.2, 0) is 18.4 Å². The van der Waals surface area contributed by atoms with Crippen LogP contribution >= 0.6 is 0 Å². The number of carbonyl (C=O) groups is 1. The summed E-state index contributed by atoms with van der Waals surface area (Å²) in [5.41, 5.74) is -0.278. The molecule has 0 radical (unpaired) electrons. The van der Waals surface area contributed by atoms with Gasteiger partial charge in [-0.1, -0.05) is 31.4 Å². The maximum Gasteiger partial charge on any atom is 0.331 e. The van der Waals surface area contributed by atoms with Gasteiger partial charge in [0.05, 0.1) is 10.9 Å². The van der Waals surface area contributed by atoms with Crippen molar-refractivity contribution in [2.24, 2.45) is 7.05 Å². The summed E-state index contributed by atoms with van der Waals surface area (Å²) >= 11 is 0. The van der Waals surface area contributed by atoms with Crippen LogP contribution in [0.5, 0.6) is 0 Å². The lowest BCUT2D eigenvalue weighted by Gasteiger charge is -2.31. The number of rotatable bonds is 3. The minimum absolute atomic E-state index is 0.184. The first kappa shape index (κ1) is 16.5. The lowest BCUT2D eigenvalue weighted by Crippen LogP contribution is -2.46. The fourth-order valence-corrected chi connectivity index (χ4v) is 3.52. The highest BCUT2D eigenvalue weighted by molar-refractivity contribution is 5.79. The fraction of sp³-hybridized carbons (Fsp3) is 0.500. The number of amides is 1. The van der Waals surface area contributed by atoms with Gasteiger partial charge in [0, 0.05) is 20.1 Å². The van der Waals surface area contributed by atoms with Crippen molar-refractivity contribution in [2.45, 2.75) is 44.7 Å². The van der Waals surface area contributed by atoms with Gasteiger partial charge in [-0.2, -0.15) is 0 Å². The molecule has 1 aromatic carbocycles. The molecule has 1 amide bonds. The normalized spacial score (nSPS) is 15.6. The van der Waals surface area contributed by atoms with Crippen LogP contribution in [0.25, 0.3) is 10.9 Å². The first-order valence-electron chi connectivity index (χ1n) is 8.45. The van der Waals surface area contributed by atoms with Gasteiger partial charge in [0.2, 0.25) is 5.91 Å². The second-order valence-electron chi connectivity index (χ2n) is 6.55. The number of hydrogen-bond acceptors (Lipinski definition) is 3. The number of para-hydroxylation sites is 1. The van der Waals surface area contributed by atoms with E-state index in [9.17, 15) is 14.4 Å². The van der Waals surface area contributed by atoms with Crippen LogP contribution in [0.3, 0.4) is 0 Å². The lowest BCUT2D eigenvalue weighted by molar-refractivity contribution is -0.133. The van der Waals surface area contributed by atoms with Crippen LogP contribution < -0.4 is 11.2 Å². The van der Waals surface area contributed by atoms with E-state index in [0.29, 0.717) is 10.9 Å². The average Bonchev–Trinajstić information content (AvgIpc) is 2.63. The number of carbonyl (C=O) groups excluding carboxylic acids is 1. The van der Waals surface area contributed by atoms with Gasteiger partial charge < -0.3 is 4.90 Å². The van der Waals surface area contributed by atoms with Gasteiger partial charge in [0.1, 0.15) is 6.54 Å². The molecule has 1 aliphatic carbocycles. The predicted molar refractivity (Wildman–Crippen MR) is 93.1 cm³/mol. The zero-order valence-electron chi connectivity index (χ0n) is 14.2. The quantitative estimate of drug-likeness (QED) is 0.857. The van der Waals surface area contributed by atoms with Crippen LogP contribution in [0.15, 0.2) is 33.9 Å². The molecule has 0 aliphatic heterocycles. The molecular formula is C18H23N3O3. The van der Waals surface area contributed by atoms with E-state index in [1.807, 2.05) is 0 Å². The molecule has 0 unspecified atom stereocenters. The second kappa shape index (κ2) is 6.63. The molecule has 2 aromatic rings. The zero-order chi connectivity index (χ0) is 17.3. The number of likely N-dealkylation sites (N-methyl/N-ethyl adjacent to an activating group) is 1. The van der Waals surface area contributed by atoms with Crippen LogP contribution in [0.1, 0.15) is 32.1 Å². The Morgan fingerprint density at radius 2 is 1.83 bits per heavy atom. The van der Waals surface area contributed by atoms with E-state index < -0.39 is 11.2 Å². The first-order chi connectivity index (χ1) is 11.5. The Morgan fingerprint density at radius 3 is 2.54 bits per heavy atom. The third kappa shape index (κ3) is 2.88. The van der Waals surface area contributed by atoms with E-state index in [-0.39, 0.29) is 18.5 Å². The van der Waals surface area contributed by atoms with Crippen molar-refractivity contribution in [2.75, 3.05) is 7.05 Å². The molecule has 128 valence electrons. The third-order valence-corrected chi connectivity index (χ3v) is 5.07. The Bertz CT molecular complexity index is 875. The smallest absolute Gasteiger partial charge is 0.331 e. The topological polar surface area (TPSA) is 64.3 Å². The number of hydrogen-bond donors (Lipinski definition) is 0. The SMILES string of the molecule is CN(C(=O)Cn1c(=O)c2ccccc2n(C)c1=O)C1CCCCC1. The molecule has 0 bridgehead atoms. The molecule has 0 N–H and O–H groups in total. The van der Waals surface area contributed by atoms with E-state index in [0.717, 1.165) is 30.3 Å². The van der Waals surface area contributed by atoms with Crippen LogP contribution in [0.2, 0.25) is 0 Å². The van der Waals surface area contributed by atoms with Crippen molar-refractivity contribution in [3.63, 3.8) is 0 Å². The summed E-state index contributed by atoms with van der Waals surface area (Å²) in [6.07, 6.45) is 5.45.